The van der Waals surface area contributed by atoms with Gasteiger partial charge in [0.25, 0.3) is 0 Å². The van der Waals surface area contributed by atoms with Gasteiger partial charge in [-0.25, -0.2) is 0 Å². The summed E-state index contributed by atoms with van der Waals surface area (Å²) in [6, 6.07) is 0. The molecule has 0 N–H and O–H groups in total. The van der Waals surface area contributed by atoms with E-state index in [1.165, 1.54) is 0 Å². The number of hydrogen-bond donors (Lipinski definition) is 0. The minimum Gasteiger partial charge on any atom is -0.541 e. The third-order valence-corrected chi connectivity index (χ3v) is 0.805. The van der Waals surface area contributed by atoms with E-state index in [0.717, 1.165) is 0 Å². The molecule has 1 rings (SSSR count). The van der Waals surface area contributed by atoms with Gasteiger partial charge < -0.3 is 9.53 Å². The first-order valence-corrected chi connectivity index (χ1v) is 1.89. The molecule has 1 radical (unpaired) electrons. The molecule has 1 heterocycles. The molecule has 3 heteroatoms. The Bertz CT molecular complexity index is 60.7. The first-order chi connectivity index (χ1) is 2.93. The summed E-state index contributed by atoms with van der Waals surface area (Å²) in [5, 5.41) is 0. The molecule has 0 saturated carbocycles. The number of rotatable bonds is 1. The summed E-state index contributed by atoms with van der Waals surface area (Å²) in [5.74, 6) is 0.0880. The maximum atomic E-state index is 9.58. The molecule has 1 saturated heterocycles. The van der Waals surface area contributed by atoms with Crippen LogP contribution in [-0.2, 0) is 42.2 Å². The van der Waals surface area contributed by atoms with Gasteiger partial charge in [-0.3, -0.25) is 6.29 Å². The van der Waals surface area contributed by atoms with Crippen LogP contribution in [-0.4, -0.2) is 19.5 Å². The Labute approximate surface area is 67.5 Å². The summed E-state index contributed by atoms with van der Waals surface area (Å²) in [6.45, 7) is 1.17. The largest absolute Gasteiger partial charge is 0.541 e. The third kappa shape index (κ3) is 1.98. The first kappa shape index (κ1) is 7.73. The van der Waals surface area contributed by atoms with Crippen LogP contribution in [0.4, 0.5) is 0 Å². The molecule has 0 bridgehead atoms. The van der Waals surface area contributed by atoms with Crippen molar-refractivity contribution in [1.29, 1.82) is 0 Å². The van der Waals surface area contributed by atoms with Gasteiger partial charge in [-0.1, -0.05) is 5.92 Å². The van der Waals surface area contributed by atoms with E-state index in [1.807, 2.05) is 6.29 Å². The summed E-state index contributed by atoms with van der Waals surface area (Å²) in [4.78, 5) is 9.58. The Morgan fingerprint density at radius 3 is 2.14 bits per heavy atom. The summed E-state index contributed by atoms with van der Waals surface area (Å²) in [7, 11) is 0. The van der Waals surface area contributed by atoms with Gasteiger partial charge in [0.2, 0.25) is 0 Å². The summed E-state index contributed by atoms with van der Waals surface area (Å²) < 4.78 is 4.66. The second kappa shape index (κ2) is 3.70. The van der Waals surface area contributed by atoms with Crippen LogP contribution in [0.15, 0.2) is 0 Å². The van der Waals surface area contributed by atoms with E-state index in [9.17, 15) is 4.79 Å². The molecule has 0 aromatic rings. The molecule has 2 nitrogen and oxygen atoms in total. The molecule has 7 heavy (non-hydrogen) atoms. The van der Waals surface area contributed by atoms with Crippen LogP contribution in [0, 0.1) is 5.92 Å². The molecule has 0 amide bonds. The van der Waals surface area contributed by atoms with Gasteiger partial charge >= 0.3 is 0 Å². The van der Waals surface area contributed by atoms with Crippen molar-refractivity contribution >= 4 is 6.29 Å². The molecule has 1 aliphatic heterocycles. The normalized spacial score (nSPS) is 19.4. The van der Waals surface area contributed by atoms with E-state index in [2.05, 4.69) is 4.74 Å². The van der Waals surface area contributed by atoms with Crippen LogP contribution < -0.4 is 0 Å². The number of carbonyl (C=O) groups excluding carboxylic acids is 1. The summed E-state index contributed by atoms with van der Waals surface area (Å²) >= 11 is 0. The number of hydrogen-bond acceptors (Lipinski definition) is 2. The molecule has 0 aromatic heterocycles. The molecule has 0 spiro atoms. The van der Waals surface area contributed by atoms with Gasteiger partial charge in [-0.2, -0.15) is 0 Å². The molecule has 1 aliphatic rings. The van der Waals surface area contributed by atoms with Gasteiger partial charge in [0.1, 0.15) is 0 Å². The smallest absolute Gasteiger partial charge is 0.0274 e. The maximum absolute atomic E-state index is 9.58. The molecular weight excluding hydrogens is 169 g/mol. The number of ether oxygens (including phenoxy) is 1. The predicted octanol–water partition coefficient (Wildman–Crippen LogP) is -0.260. The van der Waals surface area contributed by atoms with Crippen molar-refractivity contribution in [2.24, 2.45) is 5.92 Å². The fourth-order valence-corrected chi connectivity index (χ4v) is 0.304. The molecule has 0 unspecified atom stereocenters. The van der Waals surface area contributed by atoms with Crippen molar-refractivity contribution in [3.05, 3.63) is 0 Å². The average Bonchev–Trinajstić information content (AvgIpc) is 1.31. The monoisotopic (exact) mass is 174 g/mol. The van der Waals surface area contributed by atoms with E-state index in [-0.39, 0.29) is 38.6 Å². The van der Waals surface area contributed by atoms with Gasteiger partial charge in [-0.15, -0.1) is 0 Å². The average molecular weight is 174 g/mol. The van der Waals surface area contributed by atoms with E-state index >= 15 is 0 Å². The van der Waals surface area contributed by atoms with E-state index < -0.39 is 0 Å². The van der Waals surface area contributed by atoms with Gasteiger partial charge in [0, 0.05) is 45.9 Å². The van der Waals surface area contributed by atoms with Crippen LogP contribution >= 0.6 is 0 Å². The first-order valence-electron chi connectivity index (χ1n) is 1.89. The van der Waals surface area contributed by atoms with Crippen molar-refractivity contribution in [1.82, 2.24) is 0 Å². The Morgan fingerprint density at radius 2 is 2.14 bits per heavy atom. The molecule has 0 aromatic carbocycles. The Morgan fingerprint density at radius 1 is 1.57 bits per heavy atom. The zero-order valence-corrected chi connectivity index (χ0v) is 6.72. The van der Waals surface area contributed by atoms with Crippen molar-refractivity contribution in [3.63, 3.8) is 0 Å². The fraction of sp³-hybridized carbons (Fsp3) is 0.750. The quantitative estimate of drug-likeness (QED) is 0.512. The summed E-state index contributed by atoms with van der Waals surface area (Å²) in [6.07, 6.45) is 1.83. The molecule has 0 atom stereocenters. The van der Waals surface area contributed by atoms with Gasteiger partial charge in [0.05, 0.1) is 0 Å². The van der Waals surface area contributed by atoms with Crippen LogP contribution in [0.2, 0.25) is 0 Å². The summed E-state index contributed by atoms with van der Waals surface area (Å²) in [5.41, 5.74) is 0. The van der Waals surface area contributed by atoms with Crippen molar-refractivity contribution in [2.45, 2.75) is 0 Å². The fourth-order valence-electron chi connectivity index (χ4n) is 0.304. The van der Waals surface area contributed by atoms with Crippen LogP contribution in [0.1, 0.15) is 0 Å². The van der Waals surface area contributed by atoms with Gasteiger partial charge in [0.15, 0.2) is 0 Å². The third-order valence-electron chi connectivity index (χ3n) is 0.805. The molecule has 0 aliphatic carbocycles. The van der Waals surface area contributed by atoms with Gasteiger partial charge in [-0.05, 0) is 0 Å². The van der Waals surface area contributed by atoms with E-state index in [1.54, 1.807) is 0 Å². The van der Waals surface area contributed by atoms with E-state index in [4.69, 9.17) is 0 Å². The molecule has 1 fully saturated rings. The minimum absolute atomic E-state index is 0. The minimum atomic E-state index is 0. The standard InChI is InChI=1S/C4H5O2.Y/c5-1-4-2-6-3-4;/h4H,2-3H2;/q-1;. The predicted molar refractivity (Wildman–Crippen MR) is 20.0 cm³/mol. The SMILES string of the molecule is O=[C-]C1COC1.[Y]. The van der Waals surface area contributed by atoms with E-state index in [0.29, 0.717) is 13.2 Å². The van der Waals surface area contributed by atoms with Crippen molar-refractivity contribution in [3.8, 4) is 0 Å². The van der Waals surface area contributed by atoms with Crippen LogP contribution in [0.5, 0.6) is 0 Å². The van der Waals surface area contributed by atoms with Crippen LogP contribution in [0.25, 0.3) is 0 Å². The maximum Gasteiger partial charge on any atom is 0.0274 e. The topological polar surface area (TPSA) is 26.3 Å². The van der Waals surface area contributed by atoms with Crippen molar-refractivity contribution in [2.75, 3.05) is 13.2 Å². The Hall–Kier alpha value is 0.734. The zero-order valence-electron chi connectivity index (χ0n) is 3.89. The Kier molecular flexibility index (Phi) is 4.09. The molecular formula is C4H5O2Y-. The van der Waals surface area contributed by atoms with Crippen molar-refractivity contribution < 1.29 is 42.2 Å². The Balaban J connectivity index is 0.000000360. The molecule has 37 valence electrons. The van der Waals surface area contributed by atoms with Crippen LogP contribution in [0.3, 0.4) is 0 Å². The zero-order chi connectivity index (χ0) is 4.41. The second-order valence-electron chi connectivity index (χ2n) is 1.35. The second-order valence-corrected chi connectivity index (χ2v) is 1.35.